The van der Waals surface area contributed by atoms with Crippen molar-refractivity contribution >= 4 is 17.5 Å². The van der Waals surface area contributed by atoms with Gasteiger partial charge in [0, 0.05) is 5.69 Å². The lowest BCUT2D eigenvalue weighted by atomic mass is 10.2. The van der Waals surface area contributed by atoms with E-state index in [0.717, 1.165) is 11.3 Å². The second-order valence-corrected chi connectivity index (χ2v) is 6.15. The van der Waals surface area contributed by atoms with Crippen LogP contribution in [0.5, 0.6) is 11.5 Å². The summed E-state index contributed by atoms with van der Waals surface area (Å²) in [5.41, 5.74) is 1.60. The van der Waals surface area contributed by atoms with Crippen molar-refractivity contribution < 1.29 is 18.7 Å². The highest BCUT2D eigenvalue weighted by Gasteiger charge is 2.12. The molecule has 2 N–H and O–H groups in total. The molecule has 0 aliphatic rings. The molecule has 5 nitrogen and oxygen atoms in total. The summed E-state index contributed by atoms with van der Waals surface area (Å²) in [6, 6.07) is 20.1. The first kappa shape index (κ1) is 19.1. The zero-order valence-corrected chi connectivity index (χ0v) is 15.2. The van der Waals surface area contributed by atoms with Crippen LogP contribution in [-0.2, 0) is 4.79 Å². The first-order valence-electron chi connectivity index (χ1n) is 8.68. The van der Waals surface area contributed by atoms with Crippen molar-refractivity contribution in [1.29, 1.82) is 0 Å². The number of hydrogen-bond donors (Lipinski definition) is 2. The van der Waals surface area contributed by atoms with E-state index in [1.807, 2.05) is 31.2 Å². The molecule has 0 fully saturated rings. The fraction of sp³-hybridized carbons (Fsp3) is 0.0909. The summed E-state index contributed by atoms with van der Waals surface area (Å²) in [6.45, 7) is 1.73. The largest absolute Gasteiger partial charge is 0.457 e. The van der Waals surface area contributed by atoms with Crippen LogP contribution in [0.3, 0.4) is 0 Å². The number of carbonyl (C=O) groups is 2. The van der Waals surface area contributed by atoms with E-state index in [1.165, 1.54) is 18.2 Å². The van der Waals surface area contributed by atoms with Gasteiger partial charge < -0.3 is 15.4 Å². The lowest BCUT2D eigenvalue weighted by Gasteiger charge is -2.09. The molecule has 3 aromatic carbocycles. The molecule has 3 aromatic rings. The molecule has 2 amide bonds. The average molecular weight is 378 g/mol. The lowest BCUT2D eigenvalue weighted by molar-refractivity contribution is -0.115. The third-order valence-corrected chi connectivity index (χ3v) is 3.92. The minimum atomic E-state index is -0.643. The number of halogens is 1. The van der Waals surface area contributed by atoms with Crippen LogP contribution < -0.4 is 15.4 Å². The van der Waals surface area contributed by atoms with Crippen LogP contribution in [-0.4, -0.2) is 18.4 Å². The van der Waals surface area contributed by atoms with Crippen molar-refractivity contribution in [2.75, 3.05) is 11.9 Å². The molecule has 0 bridgehead atoms. The van der Waals surface area contributed by atoms with Gasteiger partial charge in [-0.25, -0.2) is 4.39 Å². The molecule has 0 radical (unpaired) electrons. The Morgan fingerprint density at radius 1 is 0.893 bits per heavy atom. The van der Waals surface area contributed by atoms with Crippen LogP contribution in [0, 0.1) is 12.7 Å². The third-order valence-electron chi connectivity index (χ3n) is 3.92. The van der Waals surface area contributed by atoms with E-state index in [2.05, 4.69) is 10.6 Å². The Morgan fingerprint density at radius 3 is 2.14 bits per heavy atom. The van der Waals surface area contributed by atoms with Crippen molar-refractivity contribution in [2.45, 2.75) is 6.92 Å². The Hall–Kier alpha value is -3.67. The molecule has 0 aromatic heterocycles. The second kappa shape index (κ2) is 8.81. The summed E-state index contributed by atoms with van der Waals surface area (Å²) < 4.78 is 19.3. The number of hydrogen-bond acceptors (Lipinski definition) is 3. The van der Waals surface area contributed by atoms with Gasteiger partial charge in [0.1, 0.15) is 17.3 Å². The van der Waals surface area contributed by atoms with E-state index < -0.39 is 17.6 Å². The normalized spacial score (nSPS) is 10.2. The summed E-state index contributed by atoms with van der Waals surface area (Å²) in [6.07, 6.45) is 0. The van der Waals surface area contributed by atoms with Gasteiger partial charge in [-0.05, 0) is 55.5 Å². The number of anilines is 1. The minimum Gasteiger partial charge on any atom is -0.457 e. The molecule has 0 heterocycles. The van der Waals surface area contributed by atoms with Gasteiger partial charge in [0.25, 0.3) is 5.91 Å². The first-order valence-corrected chi connectivity index (χ1v) is 8.68. The molecule has 0 unspecified atom stereocenters. The first-order chi connectivity index (χ1) is 13.5. The predicted octanol–water partition coefficient (Wildman–Crippen LogP) is 4.29. The van der Waals surface area contributed by atoms with Crippen molar-refractivity contribution in [1.82, 2.24) is 5.32 Å². The Bertz CT molecular complexity index is 970. The van der Waals surface area contributed by atoms with E-state index in [-0.39, 0.29) is 12.1 Å². The summed E-state index contributed by atoms with van der Waals surface area (Å²) >= 11 is 0. The van der Waals surface area contributed by atoms with Gasteiger partial charge in [0.2, 0.25) is 5.91 Å². The molecule has 28 heavy (non-hydrogen) atoms. The molecule has 0 aliphatic heterocycles. The highest BCUT2D eigenvalue weighted by atomic mass is 19.1. The van der Waals surface area contributed by atoms with E-state index in [4.69, 9.17) is 4.74 Å². The topological polar surface area (TPSA) is 67.4 Å². The van der Waals surface area contributed by atoms with Crippen molar-refractivity contribution in [3.8, 4) is 11.5 Å². The van der Waals surface area contributed by atoms with E-state index >= 15 is 0 Å². The van der Waals surface area contributed by atoms with Crippen molar-refractivity contribution in [2.24, 2.45) is 0 Å². The van der Waals surface area contributed by atoms with Crippen LogP contribution in [0.15, 0.2) is 72.8 Å². The highest BCUT2D eigenvalue weighted by molar-refractivity contribution is 5.99. The number of carbonyl (C=O) groups excluding carboxylic acids is 2. The number of amides is 2. The monoisotopic (exact) mass is 378 g/mol. The Kier molecular flexibility index (Phi) is 6.01. The maximum absolute atomic E-state index is 13.6. The average Bonchev–Trinajstić information content (AvgIpc) is 2.70. The Balaban J connectivity index is 1.51. The Morgan fingerprint density at radius 2 is 1.50 bits per heavy atom. The van der Waals surface area contributed by atoms with Crippen LogP contribution in [0.1, 0.15) is 15.9 Å². The Labute approximate surface area is 162 Å². The van der Waals surface area contributed by atoms with E-state index in [1.54, 1.807) is 30.3 Å². The molecular weight excluding hydrogens is 359 g/mol. The third kappa shape index (κ3) is 5.17. The number of ether oxygens (including phenoxy) is 1. The minimum absolute atomic E-state index is 0.104. The fourth-order valence-corrected chi connectivity index (χ4v) is 2.46. The maximum atomic E-state index is 13.6. The fourth-order valence-electron chi connectivity index (χ4n) is 2.46. The molecule has 0 saturated heterocycles. The van der Waals surface area contributed by atoms with Gasteiger partial charge >= 0.3 is 0 Å². The molecule has 142 valence electrons. The van der Waals surface area contributed by atoms with E-state index in [0.29, 0.717) is 11.4 Å². The summed E-state index contributed by atoms with van der Waals surface area (Å²) in [7, 11) is 0. The number of aryl methyl sites for hydroxylation is 1. The number of benzene rings is 3. The highest BCUT2D eigenvalue weighted by Crippen LogP contribution is 2.23. The summed E-state index contributed by atoms with van der Waals surface area (Å²) in [5, 5.41) is 5.05. The molecule has 6 heteroatoms. The van der Waals surface area contributed by atoms with Crippen LogP contribution in [0.4, 0.5) is 10.1 Å². The smallest absolute Gasteiger partial charge is 0.254 e. The number of nitrogens with one attached hydrogen (secondary N) is 2. The van der Waals surface area contributed by atoms with Gasteiger partial charge in [-0.2, -0.15) is 0 Å². The molecule has 0 atom stereocenters. The van der Waals surface area contributed by atoms with Gasteiger partial charge in [-0.15, -0.1) is 0 Å². The van der Waals surface area contributed by atoms with Gasteiger partial charge in [-0.1, -0.05) is 29.8 Å². The van der Waals surface area contributed by atoms with Crippen LogP contribution in [0.25, 0.3) is 0 Å². The zero-order valence-electron chi connectivity index (χ0n) is 15.2. The summed E-state index contributed by atoms with van der Waals surface area (Å²) in [5.74, 6) is -0.343. The van der Waals surface area contributed by atoms with Gasteiger partial charge in [0.15, 0.2) is 0 Å². The quantitative estimate of drug-likeness (QED) is 0.672. The lowest BCUT2D eigenvalue weighted by Crippen LogP contribution is -2.33. The summed E-state index contributed by atoms with van der Waals surface area (Å²) in [4.78, 5) is 23.9. The van der Waals surface area contributed by atoms with Crippen molar-refractivity contribution in [3.05, 3.63) is 89.7 Å². The molecule has 0 spiro atoms. The van der Waals surface area contributed by atoms with Gasteiger partial charge in [-0.3, -0.25) is 9.59 Å². The molecule has 3 rings (SSSR count). The SMILES string of the molecule is Cc1ccc(Oc2ccc(NC(=O)CNC(=O)c3ccccc3F)cc2)cc1. The van der Waals surface area contributed by atoms with E-state index in [9.17, 15) is 14.0 Å². The zero-order chi connectivity index (χ0) is 19.9. The van der Waals surface area contributed by atoms with Crippen LogP contribution >= 0.6 is 0 Å². The predicted molar refractivity (Wildman–Crippen MR) is 105 cm³/mol. The molecule has 0 aliphatic carbocycles. The number of rotatable bonds is 6. The maximum Gasteiger partial charge on any atom is 0.254 e. The second-order valence-electron chi connectivity index (χ2n) is 6.15. The van der Waals surface area contributed by atoms with Crippen molar-refractivity contribution in [3.63, 3.8) is 0 Å². The molecule has 0 saturated carbocycles. The van der Waals surface area contributed by atoms with Gasteiger partial charge in [0.05, 0.1) is 12.1 Å². The molecular formula is C22H19FN2O3. The standard InChI is InChI=1S/C22H19FN2O3/c1-15-6-10-17(11-7-15)28-18-12-8-16(9-13-18)25-21(26)14-24-22(27)19-4-2-3-5-20(19)23/h2-13H,14H2,1H3,(H,24,27)(H,25,26). The van der Waals surface area contributed by atoms with Crippen LogP contribution in [0.2, 0.25) is 0 Å².